The molecule has 3 atom stereocenters. The van der Waals surface area contributed by atoms with Crippen molar-refractivity contribution in [2.24, 2.45) is 0 Å². The van der Waals surface area contributed by atoms with Crippen molar-refractivity contribution >= 4 is 0 Å². The van der Waals surface area contributed by atoms with Gasteiger partial charge in [0.25, 0.3) is 0 Å². The van der Waals surface area contributed by atoms with Crippen LogP contribution in [0.25, 0.3) is 0 Å². The van der Waals surface area contributed by atoms with Crippen molar-refractivity contribution in [3.05, 3.63) is 35.9 Å². The van der Waals surface area contributed by atoms with Crippen molar-refractivity contribution in [2.75, 3.05) is 13.1 Å². The van der Waals surface area contributed by atoms with Crippen molar-refractivity contribution < 1.29 is 10.2 Å². The molecule has 0 aliphatic carbocycles. The van der Waals surface area contributed by atoms with Crippen LogP contribution in [0.3, 0.4) is 0 Å². The van der Waals surface area contributed by atoms with Gasteiger partial charge in [-0.1, -0.05) is 30.3 Å². The largest absolute Gasteiger partial charge is 0.392 e. The molecule has 3 nitrogen and oxygen atoms in total. The third-order valence-corrected chi connectivity index (χ3v) is 2.83. The summed E-state index contributed by atoms with van der Waals surface area (Å²) < 4.78 is 0. The first-order chi connectivity index (χ1) is 8.00. The van der Waals surface area contributed by atoms with Crippen LogP contribution in [0.5, 0.6) is 0 Å². The number of benzene rings is 1. The van der Waals surface area contributed by atoms with Gasteiger partial charge in [-0.25, -0.2) is 0 Å². The molecule has 0 bridgehead atoms. The summed E-state index contributed by atoms with van der Waals surface area (Å²) in [6, 6.07) is 10.3. The zero-order valence-electron chi connectivity index (χ0n) is 10.9. The average Bonchev–Trinajstić information content (AvgIpc) is 2.27. The maximum atomic E-state index is 9.51. The second-order valence-corrected chi connectivity index (χ2v) is 4.74. The molecule has 0 spiro atoms. The summed E-state index contributed by atoms with van der Waals surface area (Å²) in [4.78, 5) is 2.10. The van der Waals surface area contributed by atoms with Crippen LogP contribution in [-0.2, 0) is 0 Å². The number of hydrogen-bond acceptors (Lipinski definition) is 3. The van der Waals surface area contributed by atoms with E-state index in [9.17, 15) is 10.2 Å². The molecule has 0 aromatic heterocycles. The Labute approximate surface area is 104 Å². The van der Waals surface area contributed by atoms with E-state index in [1.165, 1.54) is 5.56 Å². The van der Waals surface area contributed by atoms with E-state index in [2.05, 4.69) is 24.0 Å². The molecule has 0 aliphatic rings. The molecular formula is C14H23NO2. The highest BCUT2D eigenvalue weighted by Gasteiger charge is 2.18. The first kappa shape index (κ1) is 14.2. The summed E-state index contributed by atoms with van der Waals surface area (Å²) in [7, 11) is 0. The fourth-order valence-electron chi connectivity index (χ4n) is 2.01. The Balaban J connectivity index is 2.75. The Morgan fingerprint density at radius 2 is 1.41 bits per heavy atom. The first-order valence-electron chi connectivity index (χ1n) is 6.15. The Bertz CT molecular complexity index is 301. The van der Waals surface area contributed by atoms with E-state index in [-0.39, 0.29) is 18.2 Å². The Hall–Kier alpha value is -0.900. The van der Waals surface area contributed by atoms with Crippen LogP contribution >= 0.6 is 0 Å². The Morgan fingerprint density at radius 3 is 1.82 bits per heavy atom. The molecular weight excluding hydrogens is 214 g/mol. The third kappa shape index (κ3) is 4.86. The smallest absolute Gasteiger partial charge is 0.0639 e. The topological polar surface area (TPSA) is 43.7 Å². The molecule has 2 N–H and O–H groups in total. The van der Waals surface area contributed by atoms with Gasteiger partial charge in [0.05, 0.1) is 12.2 Å². The summed E-state index contributed by atoms with van der Waals surface area (Å²) in [5.41, 5.74) is 1.20. The third-order valence-electron chi connectivity index (χ3n) is 2.83. The van der Waals surface area contributed by atoms with Crippen LogP contribution in [0.15, 0.2) is 30.3 Å². The number of rotatable bonds is 6. The zero-order valence-corrected chi connectivity index (χ0v) is 10.9. The van der Waals surface area contributed by atoms with Gasteiger partial charge in [0.15, 0.2) is 0 Å². The average molecular weight is 237 g/mol. The van der Waals surface area contributed by atoms with Gasteiger partial charge in [-0.2, -0.15) is 0 Å². The Kier molecular flexibility index (Phi) is 5.62. The minimum atomic E-state index is -0.389. The van der Waals surface area contributed by atoms with E-state index >= 15 is 0 Å². The van der Waals surface area contributed by atoms with Crippen LogP contribution in [0, 0.1) is 0 Å². The van der Waals surface area contributed by atoms with Crippen molar-refractivity contribution in [1.29, 1.82) is 0 Å². The van der Waals surface area contributed by atoms with Gasteiger partial charge in [0.2, 0.25) is 0 Å². The Morgan fingerprint density at radius 1 is 0.941 bits per heavy atom. The standard InChI is InChI=1S/C14H23NO2/c1-11(16)9-15(10-12(2)17)13(3)14-7-5-4-6-8-14/h4-8,11-13,16-17H,9-10H2,1-3H3/t11-,12-,13-/m1/s1. The highest BCUT2D eigenvalue weighted by atomic mass is 16.3. The van der Waals surface area contributed by atoms with E-state index in [0.717, 1.165) is 0 Å². The fourth-order valence-corrected chi connectivity index (χ4v) is 2.01. The van der Waals surface area contributed by atoms with Crippen LogP contribution < -0.4 is 0 Å². The van der Waals surface area contributed by atoms with Gasteiger partial charge in [0.1, 0.15) is 0 Å². The quantitative estimate of drug-likeness (QED) is 0.793. The molecule has 0 saturated heterocycles. The number of aliphatic hydroxyl groups excluding tert-OH is 2. The predicted octanol–water partition coefficient (Wildman–Crippen LogP) is 1.81. The maximum Gasteiger partial charge on any atom is 0.0639 e. The van der Waals surface area contributed by atoms with Crippen LogP contribution in [0.4, 0.5) is 0 Å². The lowest BCUT2D eigenvalue weighted by Gasteiger charge is -2.31. The van der Waals surface area contributed by atoms with Gasteiger partial charge >= 0.3 is 0 Å². The number of hydrogen-bond donors (Lipinski definition) is 2. The van der Waals surface area contributed by atoms with Crippen LogP contribution in [0.1, 0.15) is 32.4 Å². The van der Waals surface area contributed by atoms with Crippen molar-refractivity contribution in [3.63, 3.8) is 0 Å². The van der Waals surface area contributed by atoms with Crippen LogP contribution in [-0.4, -0.2) is 40.4 Å². The molecule has 0 heterocycles. The van der Waals surface area contributed by atoms with Gasteiger partial charge in [-0.15, -0.1) is 0 Å². The summed E-state index contributed by atoms with van der Waals surface area (Å²) in [6.45, 7) is 6.78. The van der Waals surface area contributed by atoms with E-state index in [1.807, 2.05) is 18.2 Å². The van der Waals surface area contributed by atoms with E-state index in [4.69, 9.17) is 0 Å². The summed E-state index contributed by atoms with van der Waals surface area (Å²) >= 11 is 0. The van der Waals surface area contributed by atoms with Crippen molar-refractivity contribution in [1.82, 2.24) is 4.90 Å². The summed E-state index contributed by atoms with van der Waals surface area (Å²) in [5.74, 6) is 0. The highest BCUT2D eigenvalue weighted by Crippen LogP contribution is 2.20. The van der Waals surface area contributed by atoms with E-state index < -0.39 is 0 Å². The molecule has 0 saturated carbocycles. The number of aliphatic hydroxyl groups is 2. The van der Waals surface area contributed by atoms with Gasteiger partial charge in [-0.05, 0) is 26.3 Å². The van der Waals surface area contributed by atoms with Gasteiger partial charge < -0.3 is 10.2 Å². The molecule has 0 aliphatic heterocycles. The molecule has 3 heteroatoms. The summed E-state index contributed by atoms with van der Waals surface area (Å²) in [6.07, 6.45) is -0.778. The highest BCUT2D eigenvalue weighted by molar-refractivity contribution is 5.18. The molecule has 0 amide bonds. The van der Waals surface area contributed by atoms with Crippen LogP contribution in [0.2, 0.25) is 0 Å². The van der Waals surface area contributed by atoms with Crippen molar-refractivity contribution in [2.45, 2.75) is 39.0 Å². The maximum absolute atomic E-state index is 9.51. The monoisotopic (exact) mass is 237 g/mol. The van der Waals surface area contributed by atoms with E-state index in [0.29, 0.717) is 13.1 Å². The first-order valence-corrected chi connectivity index (χ1v) is 6.15. The molecule has 0 unspecified atom stereocenters. The second-order valence-electron chi connectivity index (χ2n) is 4.74. The van der Waals surface area contributed by atoms with Crippen molar-refractivity contribution in [3.8, 4) is 0 Å². The molecule has 1 aromatic rings. The van der Waals surface area contributed by atoms with Gasteiger partial charge in [-0.3, -0.25) is 4.90 Å². The van der Waals surface area contributed by atoms with Gasteiger partial charge in [0, 0.05) is 19.1 Å². The predicted molar refractivity (Wildman–Crippen MR) is 69.8 cm³/mol. The molecule has 96 valence electrons. The zero-order chi connectivity index (χ0) is 12.8. The minimum Gasteiger partial charge on any atom is -0.392 e. The molecule has 1 aromatic carbocycles. The lowest BCUT2D eigenvalue weighted by molar-refractivity contribution is 0.0613. The number of nitrogens with zero attached hydrogens (tertiary/aromatic N) is 1. The molecule has 1 rings (SSSR count). The fraction of sp³-hybridized carbons (Fsp3) is 0.571. The molecule has 0 radical (unpaired) electrons. The SMILES string of the molecule is C[C@H](c1ccccc1)N(C[C@@H](C)O)C[C@@H](C)O. The normalized spacial score (nSPS) is 16.8. The second kappa shape index (κ2) is 6.74. The minimum absolute atomic E-state index is 0.195. The lowest BCUT2D eigenvalue weighted by Crippen LogP contribution is -2.38. The summed E-state index contributed by atoms with van der Waals surface area (Å²) in [5, 5.41) is 19.0. The van der Waals surface area contributed by atoms with E-state index in [1.54, 1.807) is 13.8 Å². The lowest BCUT2D eigenvalue weighted by atomic mass is 10.1. The molecule has 0 fully saturated rings. The molecule has 17 heavy (non-hydrogen) atoms.